The van der Waals surface area contributed by atoms with Crippen molar-refractivity contribution in [3.05, 3.63) is 54.1 Å². The van der Waals surface area contributed by atoms with Gasteiger partial charge in [0.05, 0.1) is 12.8 Å². The van der Waals surface area contributed by atoms with E-state index in [0.29, 0.717) is 13.1 Å². The van der Waals surface area contributed by atoms with E-state index in [4.69, 9.17) is 4.74 Å². The van der Waals surface area contributed by atoms with E-state index in [0.717, 1.165) is 35.8 Å². The van der Waals surface area contributed by atoms with Gasteiger partial charge in [0.2, 0.25) is 11.8 Å². The lowest BCUT2D eigenvalue weighted by atomic mass is 10.2. The smallest absolute Gasteiger partial charge is 0.242 e. The Bertz CT molecular complexity index is 844. The first-order valence-corrected chi connectivity index (χ1v) is 9.50. The van der Waals surface area contributed by atoms with Crippen LogP contribution in [0.5, 0.6) is 5.75 Å². The maximum atomic E-state index is 12.8. The first kappa shape index (κ1) is 19.7. The number of carbonyl (C=O) groups excluding carboxylic acids is 2. The molecule has 1 aliphatic rings. The number of hydrogen-bond donors (Lipinski definition) is 0. The second kappa shape index (κ2) is 8.78. The Kier molecular flexibility index (Phi) is 6.19. The monoisotopic (exact) mass is 381 g/mol. The van der Waals surface area contributed by atoms with Crippen LogP contribution in [0.15, 0.2) is 48.5 Å². The number of methoxy groups -OCH3 is 1. The lowest BCUT2D eigenvalue weighted by molar-refractivity contribution is -0.131. The third-order valence-corrected chi connectivity index (χ3v) is 5.05. The Labute approximate surface area is 166 Å². The van der Waals surface area contributed by atoms with Crippen molar-refractivity contribution >= 4 is 23.2 Å². The number of aryl methyl sites for hydroxylation is 1. The number of para-hydroxylation sites is 2. The summed E-state index contributed by atoms with van der Waals surface area (Å²) in [5, 5.41) is 0. The van der Waals surface area contributed by atoms with E-state index in [9.17, 15) is 9.59 Å². The molecule has 1 aliphatic heterocycles. The normalized spacial score (nSPS) is 14.0. The number of benzene rings is 2. The third-order valence-electron chi connectivity index (χ3n) is 5.05. The van der Waals surface area contributed by atoms with Gasteiger partial charge in [-0.2, -0.15) is 0 Å². The van der Waals surface area contributed by atoms with E-state index in [1.54, 1.807) is 12.0 Å². The fourth-order valence-corrected chi connectivity index (χ4v) is 3.50. The summed E-state index contributed by atoms with van der Waals surface area (Å²) >= 11 is 0. The van der Waals surface area contributed by atoms with E-state index >= 15 is 0 Å². The lowest BCUT2D eigenvalue weighted by Crippen LogP contribution is -2.52. The number of rotatable bonds is 5. The zero-order chi connectivity index (χ0) is 20.1. The Morgan fingerprint density at radius 3 is 2.39 bits per heavy atom. The molecule has 0 radical (unpaired) electrons. The molecule has 0 spiro atoms. The maximum Gasteiger partial charge on any atom is 0.242 e. The summed E-state index contributed by atoms with van der Waals surface area (Å²) in [6, 6.07) is 15.6. The zero-order valence-corrected chi connectivity index (χ0v) is 16.7. The van der Waals surface area contributed by atoms with Gasteiger partial charge in [0, 0.05) is 38.8 Å². The summed E-state index contributed by atoms with van der Waals surface area (Å²) < 4.78 is 5.44. The largest absolute Gasteiger partial charge is 0.495 e. The first-order chi connectivity index (χ1) is 13.5. The van der Waals surface area contributed by atoms with Crippen LogP contribution in [0.4, 0.5) is 11.4 Å². The molecule has 0 saturated carbocycles. The molecule has 2 aromatic carbocycles. The second-order valence-electron chi connectivity index (χ2n) is 6.98. The minimum Gasteiger partial charge on any atom is -0.495 e. The van der Waals surface area contributed by atoms with Gasteiger partial charge >= 0.3 is 0 Å². The van der Waals surface area contributed by atoms with Crippen LogP contribution in [0.1, 0.15) is 12.5 Å². The molecule has 1 saturated heterocycles. The second-order valence-corrected chi connectivity index (χ2v) is 6.98. The Hall–Kier alpha value is -3.02. The van der Waals surface area contributed by atoms with E-state index in [1.807, 2.05) is 60.4 Å². The molecule has 0 bridgehead atoms. The van der Waals surface area contributed by atoms with Crippen LogP contribution in [-0.4, -0.2) is 56.5 Å². The summed E-state index contributed by atoms with van der Waals surface area (Å²) in [5.41, 5.74) is 2.86. The maximum absolute atomic E-state index is 12.8. The number of anilines is 2. The zero-order valence-electron chi connectivity index (χ0n) is 16.7. The van der Waals surface area contributed by atoms with E-state index in [2.05, 4.69) is 4.90 Å². The van der Waals surface area contributed by atoms with E-state index in [-0.39, 0.29) is 18.4 Å². The van der Waals surface area contributed by atoms with Crippen molar-refractivity contribution in [2.45, 2.75) is 13.8 Å². The molecular formula is C22H27N3O3. The molecule has 6 nitrogen and oxygen atoms in total. The molecule has 0 N–H and O–H groups in total. The molecule has 148 valence electrons. The van der Waals surface area contributed by atoms with Crippen LogP contribution < -0.4 is 14.5 Å². The fourth-order valence-electron chi connectivity index (χ4n) is 3.50. The van der Waals surface area contributed by atoms with Crippen LogP contribution in [-0.2, 0) is 9.59 Å². The molecule has 1 heterocycles. The van der Waals surface area contributed by atoms with Crippen molar-refractivity contribution in [1.29, 1.82) is 0 Å². The van der Waals surface area contributed by atoms with Gasteiger partial charge in [-0.25, -0.2) is 0 Å². The van der Waals surface area contributed by atoms with Gasteiger partial charge in [-0.05, 0) is 36.8 Å². The Balaban J connectivity index is 1.63. The number of piperazine rings is 1. The first-order valence-electron chi connectivity index (χ1n) is 9.50. The fraction of sp³-hybridized carbons (Fsp3) is 0.364. The third kappa shape index (κ3) is 4.44. The molecule has 6 heteroatoms. The van der Waals surface area contributed by atoms with Crippen LogP contribution in [0.2, 0.25) is 0 Å². The summed E-state index contributed by atoms with van der Waals surface area (Å²) in [7, 11) is 1.67. The van der Waals surface area contributed by atoms with Crippen molar-refractivity contribution in [1.82, 2.24) is 4.90 Å². The predicted molar refractivity (Wildman–Crippen MR) is 111 cm³/mol. The van der Waals surface area contributed by atoms with Gasteiger partial charge in [0.15, 0.2) is 0 Å². The van der Waals surface area contributed by atoms with Crippen LogP contribution in [0.25, 0.3) is 0 Å². The van der Waals surface area contributed by atoms with Crippen molar-refractivity contribution in [3.8, 4) is 5.75 Å². The minimum atomic E-state index is -0.133. The van der Waals surface area contributed by atoms with E-state index < -0.39 is 0 Å². The van der Waals surface area contributed by atoms with E-state index in [1.165, 1.54) is 6.92 Å². The molecule has 0 aromatic heterocycles. The number of ether oxygens (including phenoxy) is 1. The highest BCUT2D eigenvalue weighted by Crippen LogP contribution is 2.28. The van der Waals surface area contributed by atoms with Crippen molar-refractivity contribution in [3.63, 3.8) is 0 Å². The Morgan fingerprint density at radius 1 is 1.04 bits per heavy atom. The van der Waals surface area contributed by atoms with Gasteiger partial charge in [-0.3, -0.25) is 9.59 Å². The summed E-state index contributed by atoms with van der Waals surface area (Å²) in [5.74, 6) is 0.674. The number of hydrogen-bond acceptors (Lipinski definition) is 4. The van der Waals surface area contributed by atoms with Gasteiger partial charge in [-0.15, -0.1) is 0 Å². The minimum absolute atomic E-state index is 0.0311. The SMILES string of the molecule is COc1ccccc1N1CCN(C(=O)CN(C(C)=O)c2cccc(C)c2)CC1. The molecule has 28 heavy (non-hydrogen) atoms. The molecular weight excluding hydrogens is 354 g/mol. The topological polar surface area (TPSA) is 53.1 Å². The number of nitrogens with zero attached hydrogens (tertiary/aromatic N) is 3. The molecule has 1 fully saturated rings. The predicted octanol–water partition coefficient (Wildman–Crippen LogP) is 2.71. The molecule has 0 aliphatic carbocycles. The van der Waals surface area contributed by atoms with Crippen LogP contribution in [0.3, 0.4) is 0 Å². The summed E-state index contributed by atoms with van der Waals surface area (Å²) in [6.45, 7) is 6.24. The average molecular weight is 381 g/mol. The average Bonchev–Trinajstić information content (AvgIpc) is 2.71. The molecule has 0 unspecified atom stereocenters. The van der Waals surface area contributed by atoms with Gasteiger partial charge in [0.1, 0.15) is 12.3 Å². The number of amides is 2. The highest BCUT2D eigenvalue weighted by Gasteiger charge is 2.25. The molecule has 2 aromatic rings. The van der Waals surface area contributed by atoms with Crippen molar-refractivity contribution in [2.75, 3.05) is 49.6 Å². The molecule has 0 atom stereocenters. The molecule has 3 rings (SSSR count). The lowest BCUT2D eigenvalue weighted by Gasteiger charge is -2.37. The highest BCUT2D eigenvalue weighted by atomic mass is 16.5. The number of carbonyl (C=O) groups is 2. The van der Waals surface area contributed by atoms with Crippen molar-refractivity contribution < 1.29 is 14.3 Å². The van der Waals surface area contributed by atoms with Gasteiger partial charge in [-0.1, -0.05) is 24.3 Å². The standard InChI is InChI=1S/C22H27N3O3/c1-17-7-6-8-19(15-17)25(18(2)26)16-22(27)24-13-11-23(12-14-24)20-9-4-5-10-21(20)28-3/h4-10,15H,11-14,16H2,1-3H3. The Morgan fingerprint density at radius 2 is 1.75 bits per heavy atom. The molecule has 2 amide bonds. The van der Waals surface area contributed by atoms with Crippen LogP contribution in [0, 0.1) is 6.92 Å². The quantitative estimate of drug-likeness (QED) is 0.799. The van der Waals surface area contributed by atoms with Crippen LogP contribution >= 0.6 is 0 Å². The summed E-state index contributed by atoms with van der Waals surface area (Å²) in [4.78, 5) is 30.5. The van der Waals surface area contributed by atoms with Gasteiger partial charge in [0.25, 0.3) is 0 Å². The summed E-state index contributed by atoms with van der Waals surface area (Å²) in [6.07, 6.45) is 0. The highest BCUT2D eigenvalue weighted by molar-refractivity contribution is 5.97. The van der Waals surface area contributed by atoms with Gasteiger partial charge < -0.3 is 19.4 Å². The van der Waals surface area contributed by atoms with Crippen molar-refractivity contribution in [2.24, 2.45) is 0 Å².